The number of aryl methyl sites for hydroxylation is 1. The number of hydrogen-bond acceptors (Lipinski definition) is 3. The van der Waals surface area contributed by atoms with Crippen molar-refractivity contribution in [3.63, 3.8) is 0 Å². The van der Waals surface area contributed by atoms with Crippen molar-refractivity contribution >= 4 is 15.9 Å². The molecule has 0 spiro atoms. The van der Waals surface area contributed by atoms with E-state index in [-0.39, 0.29) is 5.82 Å². The van der Waals surface area contributed by atoms with Gasteiger partial charge >= 0.3 is 0 Å². The van der Waals surface area contributed by atoms with E-state index in [0.717, 1.165) is 0 Å². The first-order chi connectivity index (χ1) is 6.65. The molecule has 0 N–H and O–H groups in total. The van der Waals surface area contributed by atoms with E-state index in [2.05, 4.69) is 26.1 Å². The first-order valence-corrected chi connectivity index (χ1v) is 4.71. The largest absolute Gasteiger partial charge is 0.421 e. The van der Waals surface area contributed by atoms with Gasteiger partial charge in [0.05, 0.1) is 0 Å². The summed E-state index contributed by atoms with van der Waals surface area (Å²) in [6, 6.07) is 4.43. The van der Waals surface area contributed by atoms with Gasteiger partial charge in [0.2, 0.25) is 11.8 Å². The van der Waals surface area contributed by atoms with Crippen molar-refractivity contribution in [1.82, 2.24) is 10.2 Å². The summed E-state index contributed by atoms with van der Waals surface area (Å²) in [5.74, 6) is 0.438. The summed E-state index contributed by atoms with van der Waals surface area (Å²) in [6.45, 7) is 1.69. The first-order valence-electron chi connectivity index (χ1n) is 3.92. The SMILES string of the molecule is Cc1nnc(-c2cc(F)cc(Br)c2)o1. The van der Waals surface area contributed by atoms with E-state index in [1.165, 1.54) is 12.1 Å². The molecule has 1 aromatic heterocycles. The highest BCUT2D eigenvalue weighted by atomic mass is 79.9. The Morgan fingerprint density at radius 2 is 2.07 bits per heavy atom. The maximum Gasteiger partial charge on any atom is 0.247 e. The Morgan fingerprint density at radius 1 is 1.29 bits per heavy atom. The second kappa shape index (κ2) is 3.49. The van der Waals surface area contributed by atoms with E-state index in [1.54, 1.807) is 13.0 Å². The average molecular weight is 257 g/mol. The maximum absolute atomic E-state index is 13.0. The van der Waals surface area contributed by atoms with Crippen LogP contribution in [-0.2, 0) is 0 Å². The average Bonchev–Trinajstić information content (AvgIpc) is 2.50. The Bertz CT molecular complexity index is 449. The van der Waals surface area contributed by atoms with E-state index in [0.29, 0.717) is 21.8 Å². The smallest absolute Gasteiger partial charge is 0.247 e. The van der Waals surface area contributed by atoms with Gasteiger partial charge in [-0.25, -0.2) is 4.39 Å². The lowest BCUT2D eigenvalue weighted by Crippen LogP contribution is -1.81. The molecule has 2 aromatic rings. The predicted octanol–water partition coefficient (Wildman–Crippen LogP) is 2.95. The van der Waals surface area contributed by atoms with Gasteiger partial charge in [0.1, 0.15) is 5.82 Å². The molecular formula is C9H6BrFN2O. The molecule has 0 fully saturated rings. The van der Waals surface area contributed by atoms with Gasteiger partial charge in [-0.05, 0) is 18.2 Å². The molecule has 5 heteroatoms. The molecule has 1 aromatic carbocycles. The Labute approximate surface area is 88.1 Å². The molecule has 14 heavy (non-hydrogen) atoms. The number of nitrogens with zero attached hydrogens (tertiary/aromatic N) is 2. The zero-order chi connectivity index (χ0) is 10.1. The predicted molar refractivity (Wildman–Crippen MR) is 52.1 cm³/mol. The molecule has 0 aliphatic rings. The lowest BCUT2D eigenvalue weighted by molar-refractivity contribution is 0.532. The lowest BCUT2D eigenvalue weighted by Gasteiger charge is -1.96. The maximum atomic E-state index is 13.0. The molecular weight excluding hydrogens is 251 g/mol. The van der Waals surface area contributed by atoms with Gasteiger partial charge in [0.15, 0.2) is 0 Å². The van der Waals surface area contributed by atoms with E-state index >= 15 is 0 Å². The number of halogens is 2. The van der Waals surface area contributed by atoms with Crippen molar-refractivity contribution < 1.29 is 8.81 Å². The van der Waals surface area contributed by atoms with Crippen molar-refractivity contribution in [1.29, 1.82) is 0 Å². The monoisotopic (exact) mass is 256 g/mol. The first kappa shape index (κ1) is 9.33. The van der Waals surface area contributed by atoms with Crippen molar-refractivity contribution in [3.8, 4) is 11.5 Å². The van der Waals surface area contributed by atoms with Crippen LogP contribution >= 0.6 is 15.9 Å². The fourth-order valence-electron chi connectivity index (χ4n) is 1.09. The number of benzene rings is 1. The van der Waals surface area contributed by atoms with Crippen LogP contribution in [0.1, 0.15) is 5.89 Å². The van der Waals surface area contributed by atoms with Crippen molar-refractivity contribution in [2.45, 2.75) is 6.92 Å². The summed E-state index contributed by atoms with van der Waals surface area (Å²) in [5.41, 5.74) is 0.567. The topological polar surface area (TPSA) is 38.9 Å². The van der Waals surface area contributed by atoms with Crippen molar-refractivity contribution in [2.24, 2.45) is 0 Å². The molecule has 0 amide bonds. The van der Waals surface area contributed by atoms with Crippen LogP contribution in [0.4, 0.5) is 4.39 Å². The molecule has 0 aliphatic carbocycles. The molecule has 72 valence electrons. The van der Waals surface area contributed by atoms with Gasteiger partial charge in [-0.1, -0.05) is 15.9 Å². The minimum Gasteiger partial charge on any atom is -0.421 e. The quantitative estimate of drug-likeness (QED) is 0.788. The van der Waals surface area contributed by atoms with E-state index in [9.17, 15) is 4.39 Å². The third-order valence-corrected chi connectivity index (χ3v) is 2.09. The van der Waals surface area contributed by atoms with Gasteiger partial charge in [-0.3, -0.25) is 0 Å². The summed E-state index contributed by atoms with van der Waals surface area (Å²) in [7, 11) is 0. The Morgan fingerprint density at radius 3 is 2.64 bits per heavy atom. The van der Waals surface area contributed by atoms with Crippen LogP contribution in [0.2, 0.25) is 0 Å². The second-order valence-electron chi connectivity index (χ2n) is 2.78. The zero-order valence-corrected chi connectivity index (χ0v) is 8.88. The van der Waals surface area contributed by atoms with E-state index in [1.807, 2.05) is 0 Å². The van der Waals surface area contributed by atoms with Crippen molar-refractivity contribution in [2.75, 3.05) is 0 Å². The molecule has 0 bridgehead atoms. The van der Waals surface area contributed by atoms with Gasteiger partial charge in [0, 0.05) is 17.0 Å². The summed E-state index contributed by atoms with van der Waals surface area (Å²) in [5, 5.41) is 7.46. The summed E-state index contributed by atoms with van der Waals surface area (Å²) >= 11 is 3.19. The van der Waals surface area contributed by atoms with Crippen LogP contribution in [0.15, 0.2) is 27.1 Å². The van der Waals surface area contributed by atoms with Gasteiger partial charge < -0.3 is 4.42 Å². The highest BCUT2D eigenvalue weighted by Crippen LogP contribution is 2.23. The molecule has 1 heterocycles. The highest BCUT2D eigenvalue weighted by molar-refractivity contribution is 9.10. The van der Waals surface area contributed by atoms with Crippen molar-refractivity contribution in [3.05, 3.63) is 34.4 Å². The number of aromatic nitrogens is 2. The molecule has 0 atom stereocenters. The molecule has 0 radical (unpaired) electrons. The molecule has 3 nitrogen and oxygen atoms in total. The summed E-state index contributed by atoms with van der Waals surface area (Å²) < 4.78 is 18.8. The second-order valence-corrected chi connectivity index (χ2v) is 3.70. The third-order valence-electron chi connectivity index (χ3n) is 1.64. The fraction of sp³-hybridized carbons (Fsp3) is 0.111. The van der Waals surface area contributed by atoms with E-state index in [4.69, 9.17) is 4.42 Å². The normalized spacial score (nSPS) is 10.5. The molecule has 2 rings (SSSR count). The molecule has 0 saturated carbocycles. The van der Waals surface area contributed by atoms with E-state index < -0.39 is 0 Å². The minimum atomic E-state index is -0.342. The van der Waals surface area contributed by atoms with Crippen LogP contribution in [0.3, 0.4) is 0 Å². The van der Waals surface area contributed by atoms with Crippen LogP contribution in [0.25, 0.3) is 11.5 Å². The fourth-order valence-corrected chi connectivity index (χ4v) is 1.56. The number of hydrogen-bond donors (Lipinski definition) is 0. The summed E-state index contributed by atoms with van der Waals surface area (Å²) in [4.78, 5) is 0. The highest BCUT2D eigenvalue weighted by Gasteiger charge is 2.07. The lowest BCUT2D eigenvalue weighted by atomic mass is 10.2. The Kier molecular flexibility index (Phi) is 2.33. The Hall–Kier alpha value is -1.23. The minimum absolute atomic E-state index is 0.322. The third kappa shape index (κ3) is 1.82. The Balaban J connectivity index is 2.51. The molecule has 0 unspecified atom stereocenters. The number of rotatable bonds is 1. The molecule has 0 saturated heterocycles. The molecule has 0 aliphatic heterocycles. The van der Waals surface area contributed by atoms with Crippen LogP contribution in [-0.4, -0.2) is 10.2 Å². The zero-order valence-electron chi connectivity index (χ0n) is 7.29. The van der Waals surface area contributed by atoms with Crippen LogP contribution in [0, 0.1) is 12.7 Å². The summed E-state index contributed by atoms with van der Waals surface area (Å²) in [6.07, 6.45) is 0. The standard InChI is InChI=1S/C9H6BrFN2O/c1-5-12-13-9(14-5)6-2-7(10)4-8(11)3-6/h2-4H,1H3. The van der Waals surface area contributed by atoms with Gasteiger partial charge in [-0.2, -0.15) is 0 Å². The van der Waals surface area contributed by atoms with Crippen LogP contribution < -0.4 is 0 Å². The van der Waals surface area contributed by atoms with Crippen LogP contribution in [0.5, 0.6) is 0 Å². The van der Waals surface area contributed by atoms with Gasteiger partial charge in [0.25, 0.3) is 0 Å². The van der Waals surface area contributed by atoms with Gasteiger partial charge in [-0.15, -0.1) is 10.2 Å².